The molecule has 1 atom stereocenters. The lowest BCUT2D eigenvalue weighted by molar-refractivity contribution is -0.115. The molecule has 0 aliphatic rings. The number of nitrogens with one attached hydrogen (secondary N) is 1. The lowest BCUT2D eigenvalue weighted by Crippen LogP contribution is -2.22. The van der Waals surface area contributed by atoms with Gasteiger partial charge in [-0.05, 0) is 41.6 Å². The molecule has 1 aromatic carbocycles. The third kappa shape index (κ3) is 3.77. The van der Waals surface area contributed by atoms with E-state index in [-0.39, 0.29) is 11.2 Å². The Morgan fingerprint density at radius 1 is 1.42 bits per heavy atom. The molecule has 1 aromatic heterocycles. The Balaban J connectivity index is 1.96. The Morgan fingerprint density at radius 3 is 2.68 bits per heavy atom. The van der Waals surface area contributed by atoms with Crippen LogP contribution < -0.4 is 5.32 Å². The van der Waals surface area contributed by atoms with Gasteiger partial charge in [0.2, 0.25) is 11.1 Å². The zero-order chi connectivity index (χ0) is 13.8. The number of nitrogens with zero attached hydrogens (tertiary/aromatic N) is 4. The first-order valence-electron chi connectivity index (χ1n) is 5.51. The van der Waals surface area contributed by atoms with E-state index in [0.717, 1.165) is 10.2 Å². The van der Waals surface area contributed by atoms with Crippen LogP contribution in [0.1, 0.15) is 6.92 Å². The third-order valence-electron chi connectivity index (χ3n) is 2.34. The van der Waals surface area contributed by atoms with Crippen molar-refractivity contribution < 1.29 is 4.79 Å². The summed E-state index contributed by atoms with van der Waals surface area (Å²) < 4.78 is 2.51. The fraction of sp³-hybridized carbons (Fsp3) is 0.273. The number of benzene rings is 1. The molecule has 2 rings (SSSR count). The molecule has 0 bridgehead atoms. The van der Waals surface area contributed by atoms with Crippen LogP contribution >= 0.6 is 27.7 Å². The number of carbonyl (C=O) groups excluding carboxylic acids is 1. The van der Waals surface area contributed by atoms with Gasteiger partial charge in [0, 0.05) is 17.2 Å². The number of rotatable bonds is 4. The van der Waals surface area contributed by atoms with Crippen molar-refractivity contribution in [2.24, 2.45) is 7.05 Å². The number of thioether (sulfide) groups is 1. The molecular formula is C11H12BrN5OS. The number of tetrazole rings is 1. The lowest BCUT2D eigenvalue weighted by atomic mass is 10.3. The van der Waals surface area contributed by atoms with Gasteiger partial charge in [0.15, 0.2) is 0 Å². The van der Waals surface area contributed by atoms with E-state index < -0.39 is 0 Å². The Kier molecular flexibility index (Phi) is 4.54. The summed E-state index contributed by atoms with van der Waals surface area (Å²) in [7, 11) is 1.74. The van der Waals surface area contributed by atoms with Crippen LogP contribution in [0.3, 0.4) is 0 Å². The summed E-state index contributed by atoms with van der Waals surface area (Å²) in [5, 5.41) is 14.3. The van der Waals surface area contributed by atoms with Crippen molar-refractivity contribution in [2.45, 2.75) is 17.3 Å². The van der Waals surface area contributed by atoms with Gasteiger partial charge in [0.1, 0.15) is 0 Å². The monoisotopic (exact) mass is 341 g/mol. The predicted molar refractivity (Wildman–Crippen MR) is 76.9 cm³/mol. The highest BCUT2D eigenvalue weighted by molar-refractivity contribution is 9.10. The first-order chi connectivity index (χ1) is 9.06. The number of hydrogen-bond acceptors (Lipinski definition) is 5. The van der Waals surface area contributed by atoms with Crippen LogP contribution in [0.2, 0.25) is 0 Å². The predicted octanol–water partition coefficient (Wildman–Crippen LogP) is 2.09. The van der Waals surface area contributed by atoms with Crippen LogP contribution in [0, 0.1) is 0 Å². The summed E-state index contributed by atoms with van der Waals surface area (Å²) >= 11 is 4.66. The van der Waals surface area contributed by atoms with E-state index in [4.69, 9.17) is 0 Å². The third-order valence-corrected chi connectivity index (χ3v) is 4.00. The Morgan fingerprint density at radius 2 is 2.11 bits per heavy atom. The maximum absolute atomic E-state index is 12.0. The second-order valence-electron chi connectivity index (χ2n) is 3.84. The van der Waals surface area contributed by atoms with Gasteiger partial charge in [-0.3, -0.25) is 4.79 Å². The Labute approximate surface area is 123 Å². The standard InChI is InChI=1S/C11H12BrN5OS/c1-7(19-11-14-15-16-17(11)2)10(18)13-9-5-3-8(12)4-6-9/h3-7H,1-2H3,(H,13,18). The van der Waals surface area contributed by atoms with Crippen LogP contribution in [0.5, 0.6) is 0 Å². The summed E-state index contributed by atoms with van der Waals surface area (Å²) in [6, 6.07) is 7.42. The van der Waals surface area contributed by atoms with E-state index in [9.17, 15) is 4.79 Å². The van der Waals surface area contributed by atoms with Crippen molar-refractivity contribution in [3.63, 3.8) is 0 Å². The van der Waals surface area contributed by atoms with Crippen molar-refractivity contribution >= 4 is 39.3 Å². The van der Waals surface area contributed by atoms with Crippen molar-refractivity contribution in [3.05, 3.63) is 28.7 Å². The first-order valence-corrected chi connectivity index (χ1v) is 7.19. The van der Waals surface area contributed by atoms with E-state index >= 15 is 0 Å². The molecule has 0 spiro atoms. The van der Waals surface area contributed by atoms with Gasteiger partial charge in [-0.15, -0.1) is 5.10 Å². The minimum atomic E-state index is -0.284. The Hall–Kier alpha value is -1.41. The number of anilines is 1. The van der Waals surface area contributed by atoms with E-state index in [1.807, 2.05) is 31.2 Å². The summed E-state index contributed by atoms with van der Waals surface area (Å²) in [4.78, 5) is 12.0. The number of amides is 1. The molecule has 100 valence electrons. The highest BCUT2D eigenvalue weighted by atomic mass is 79.9. The maximum atomic E-state index is 12.0. The minimum Gasteiger partial charge on any atom is -0.325 e. The van der Waals surface area contributed by atoms with Gasteiger partial charge in [-0.25, -0.2) is 4.68 Å². The van der Waals surface area contributed by atoms with Crippen LogP contribution in [0.15, 0.2) is 33.9 Å². The molecule has 0 fully saturated rings. The molecule has 0 saturated carbocycles. The van der Waals surface area contributed by atoms with Crippen molar-refractivity contribution in [3.8, 4) is 0 Å². The fourth-order valence-electron chi connectivity index (χ4n) is 1.31. The summed E-state index contributed by atoms with van der Waals surface area (Å²) in [6.45, 7) is 1.81. The summed E-state index contributed by atoms with van der Waals surface area (Å²) in [6.07, 6.45) is 0. The van der Waals surface area contributed by atoms with Gasteiger partial charge >= 0.3 is 0 Å². The highest BCUT2D eigenvalue weighted by Gasteiger charge is 2.17. The van der Waals surface area contributed by atoms with Crippen molar-refractivity contribution in [1.82, 2.24) is 20.2 Å². The number of aryl methyl sites for hydroxylation is 1. The molecular weight excluding hydrogens is 330 g/mol. The Bertz CT molecular complexity index is 571. The summed E-state index contributed by atoms with van der Waals surface area (Å²) in [5.41, 5.74) is 0.761. The van der Waals surface area contributed by atoms with Gasteiger partial charge in [-0.2, -0.15) is 0 Å². The van der Waals surface area contributed by atoms with Crippen LogP contribution in [-0.4, -0.2) is 31.4 Å². The number of aromatic nitrogens is 4. The van der Waals surface area contributed by atoms with Crippen LogP contribution in [0.4, 0.5) is 5.69 Å². The number of carbonyl (C=O) groups is 1. The summed E-state index contributed by atoms with van der Waals surface area (Å²) in [5.74, 6) is -0.0877. The molecule has 6 nitrogen and oxygen atoms in total. The first kappa shape index (κ1) is 14.0. The fourth-order valence-corrected chi connectivity index (χ4v) is 2.33. The molecule has 1 unspecified atom stereocenters. The van der Waals surface area contributed by atoms with Crippen LogP contribution in [-0.2, 0) is 11.8 Å². The second kappa shape index (κ2) is 6.16. The van der Waals surface area contributed by atoms with E-state index in [1.54, 1.807) is 7.05 Å². The quantitative estimate of drug-likeness (QED) is 0.862. The molecule has 0 aliphatic heterocycles. The molecule has 1 amide bonds. The molecule has 2 aromatic rings. The number of halogens is 1. The van der Waals surface area contributed by atoms with Gasteiger partial charge in [0.25, 0.3) is 0 Å². The van der Waals surface area contributed by atoms with Gasteiger partial charge < -0.3 is 5.32 Å². The molecule has 0 aliphatic carbocycles. The van der Waals surface area contributed by atoms with E-state index in [1.165, 1.54) is 16.4 Å². The molecule has 1 heterocycles. The van der Waals surface area contributed by atoms with Gasteiger partial charge in [-0.1, -0.05) is 27.7 Å². The lowest BCUT2D eigenvalue weighted by Gasteiger charge is -2.10. The molecule has 8 heteroatoms. The topological polar surface area (TPSA) is 72.7 Å². The molecule has 0 saturated heterocycles. The molecule has 0 radical (unpaired) electrons. The van der Waals surface area contributed by atoms with Crippen molar-refractivity contribution in [1.29, 1.82) is 0 Å². The minimum absolute atomic E-state index is 0.0877. The van der Waals surface area contributed by atoms with Gasteiger partial charge in [0.05, 0.1) is 5.25 Å². The average Bonchev–Trinajstić information content (AvgIpc) is 2.78. The number of hydrogen-bond donors (Lipinski definition) is 1. The molecule has 19 heavy (non-hydrogen) atoms. The van der Waals surface area contributed by atoms with E-state index in [0.29, 0.717) is 5.16 Å². The van der Waals surface area contributed by atoms with Crippen LogP contribution in [0.25, 0.3) is 0 Å². The zero-order valence-electron chi connectivity index (χ0n) is 10.4. The highest BCUT2D eigenvalue weighted by Crippen LogP contribution is 2.21. The second-order valence-corrected chi connectivity index (χ2v) is 6.06. The zero-order valence-corrected chi connectivity index (χ0v) is 12.8. The van der Waals surface area contributed by atoms with Crippen molar-refractivity contribution in [2.75, 3.05) is 5.32 Å². The average molecular weight is 342 g/mol. The SMILES string of the molecule is CC(Sc1nnnn1C)C(=O)Nc1ccc(Br)cc1. The smallest absolute Gasteiger partial charge is 0.237 e. The largest absolute Gasteiger partial charge is 0.325 e. The normalized spacial score (nSPS) is 12.2. The van der Waals surface area contributed by atoms with E-state index in [2.05, 4.69) is 36.8 Å². The maximum Gasteiger partial charge on any atom is 0.237 e. The molecule has 1 N–H and O–H groups in total.